The zero-order chi connectivity index (χ0) is 13.8. The Kier molecular flexibility index (Phi) is 2.55. The summed E-state index contributed by atoms with van der Waals surface area (Å²) in [6.07, 6.45) is 2.23. The van der Waals surface area contributed by atoms with Gasteiger partial charge in [0.2, 0.25) is 0 Å². The van der Waals surface area contributed by atoms with Gasteiger partial charge >= 0.3 is 11.9 Å². The summed E-state index contributed by atoms with van der Waals surface area (Å²) in [6, 6.07) is 0. The Morgan fingerprint density at radius 2 is 2.21 bits per heavy atom. The van der Waals surface area contributed by atoms with Crippen LogP contribution >= 0.6 is 0 Å². The topological polar surface area (TPSA) is 72.8 Å². The Hall–Kier alpha value is -1.36. The number of rotatable bonds is 2. The van der Waals surface area contributed by atoms with Gasteiger partial charge in [-0.25, -0.2) is 9.59 Å². The maximum absolute atomic E-state index is 11.9. The molecule has 0 aromatic carbocycles. The Morgan fingerprint density at radius 1 is 1.47 bits per heavy atom. The molecule has 2 aliphatic carbocycles. The van der Waals surface area contributed by atoms with Crippen LogP contribution in [0.1, 0.15) is 39.0 Å². The first-order chi connectivity index (χ1) is 8.82. The molecule has 2 saturated heterocycles. The van der Waals surface area contributed by atoms with Gasteiger partial charge in [-0.1, -0.05) is 6.58 Å². The smallest absolute Gasteiger partial charge is 0.338 e. The van der Waals surface area contributed by atoms with Crippen molar-refractivity contribution in [3.63, 3.8) is 0 Å². The van der Waals surface area contributed by atoms with Gasteiger partial charge in [-0.05, 0) is 32.1 Å². The average Bonchev–Trinajstić information content (AvgIpc) is 2.37. The summed E-state index contributed by atoms with van der Waals surface area (Å²) in [5, 5.41) is 10.5. The maximum Gasteiger partial charge on any atom is 0.338 e. The lowest BCUT2D eigenvalue weighted by molar-refractivity contribution is -0.183. The minimum Gasteiger partial charge on any atom is -0.460 e. The van der Waals surface area contributed by atoms with E-state index in [1.807, 2.05) is 0 Å². The van der Waals surface area contributed by atoms with E-state index in [0.717, 1.165) is 6.42 Å². The van der Waals surface area contributed by atoms with Gasteiger partial charge < -0.3 is 14.6 Å². The van der Waals surface area contributed by atoms with Crippen LogP contribution in [0.2, 0.25) is 0 Å². The van der Waals surface area contributed by atoms with Gasteiger partial charge in [0, 0.05) is 18.4 Å². The molecule has 4 unspecified atom stereocenters. The lowest BCUT2D eigenvalue weighted by atomic mass is 9.63. The third-order valence-corrected chi connectivity index (χ3v) is 4.41. The van der Waals surface area contributed by atoms with E-state index >= 15 is 0 Å². The van der Waals surface area contributed by atoms with Crippen molar-refractivity contribution in [1.29, 1.82) is 0 Å². The van der Waals surface area contributed by atoms with Crippen LogP contribution in [-0.4, -0.2) is 34.4 Å². The molecule has 2 saturated carbocycles. The molecule has 2 heterocycles. The molecule has 2 aliphatic heterocycles. The molecule has 4 fully saturated rings. The molecule has 4 bridgehead atoms. The number of fused-ring (bicyclic) bond motifs is 1. The van der Waals surface area contributed by atoms with Crippen molar-refractivity contribution < 1.29 is 24.2 Å². The van der Waals surface area contributed by atoms with Gasteiger partial charge in [-0.15, -0.1) is 0 Å². The van der Waals surface area contributed by atoms with E-state index in [4.69, 9.17) is 9.47 Å². The molecule has 104 valence electrons. The number of carbonyl (C=O) groups is 2. The maximum atomic E-state index is 11.9. The minimum atomic E-state index is -1.50. The molecule has 0 spiro atoms. The SMILES string of the molecule is C=C(C)C(=O)OC12CC3CC(C1)OC(=O)C(O)(C3)C2. The van der Waals surface area contributed by atoms with Crippen LogP contribution in [0.4, 0.5) is 0 Å². The second-order valence-corrected chi connectivity index (χ2v) is 6.30. The highest BCUT2D eigenvalue weighted by molar-refractivity contribution is 5.87. The highest BCUT2D eigenvalue weighted by Crippen LogP contribution is 2.53. The third-order valence-electron chi connectivity index (χ3n) is 4.41. The van der Waals surface area contributed by atoms with Crippen molar-refractivity contribution in [2.75, 3.05) is 0 Å². The average molecular weight is 266 g/mol. The van der Waals surface area contributed by atoms with Crippen molar-refractivity contribution in [3.8, 4) is 0 Å². The van der Waals surface area contributed by atoms with E-state index in [1.165, 1.54) is 0 Å². The van der Waals surface area contributed by atoms with Crippen molar-refractivity contribution in [2.24, 2.45) is 5.92 Å². The van der Waals surface area contributed by atoms with E-state index in [0.29, 0.717) is 24.8 Å². The Morgan fingerprint density at radius 3 is 2.89 bits per heavy atom. The predicted molar refractivity (Wildman–Crippen MR) is 65.0 cm³/mol. The number of ether oxygens (including phenoxy) is 2. The highest BCUT2D eigenvalue weighted by atomic mass is 16.6. The van der Waals surface area contributed by atoms with Crippen LogP contribution in [0.3, 0.4) is 0 Å². The number of esters is 2. The first-order valence-corrected chi connectivity index (χ1v) is 6.64. The van der Waals surface area contributed by atoms with Crippen molar-refractivity contribution in [1.82, 2.24) is 0 Å². The van der Waals surface area contributed by atoms with Gasteiger partial charge in [-0.3, -0.25) is 0 Å². The molecule has 4 rings (SSSR count). The van der Waals surface area contributed by atoms with Gasteiger partial charge in [-0.2, -0.15) is 0 Å². The molecule has 5 nitrogen and oxygen atoms in total. The minimum absolute atomic E-state index is 0.144. The van der Waals surface area contributed by atoms with Gasteiger partial charge in [0.25, 0.3) is 0 Å². The Bertz CT molecular complexity index is 470. The quantitative estimate of drug-likeness (QED) is 0.598. The molecule has 0 amide bonds. The summed E-state index contributed by atoms with van der Waals surface area (Å²) >= 11 is 0. The first-order valence-electron chi connectivity index (χ1n) is 6.64. The van der Waals surface area contributed by atoms with Crippen LogP contribution < -0.4 is 0 Å². The van der Waals surface area contributed by atoms with Gasteiger partial charge in [0.05, 0.1) is 0 Å². The predicted octanol–water partition coefficient (Wildman–Crippen LogP) is 1.09. The van der Waals surface area contributed by atoms with Crippen molar-refractivity contribution in [3.05, 3.63) is 12.2 Å². The summed E-state index contributed by atoms with van der Waals surface area (Å²) in [6.45, 7) is 5.16. The summed E-state index contributed by atoms with van der Waals surface area (Å²) in [4.78, 5) is 23.7. The van der Waals surface area contributed by atoms with Crippen LogP contribution in [0.15, 0.2) is 12.2 Å². The lowest BCUT2D eigenvalue weighted by Gasteiger charge is -2.47. The zero-order valence-corrected chi connectivity index (χ0v) is 11.0. The largest absolute Gasteiger partial charge is 0.460 e. The van der Waals surface area contributed by atoms with E-state index < -0.39 is 23.1 Å². The zero-order valence-electron chi connectivity index (χ0n) is 11.0. The molecule has 0 radical (unpaired) electrons. The molecule has 4 atom stereocenters. The van der Waals surface area contributed by atoms with E-state index in [-0.39, 0.29) is 18.4 Å². The fourth-order valence-corrected chi connectivity index (χ4v) is 3.85. The van der Waals surface area contributed by atoms with E-state index in [9.17, 15) is 14.7 Å². The summed E-state index contributed by atoms with van der Waals surface area (Å²) in [7, 11) is 0. The van der Waals surface area contributed by atoms with E-state index in [1.54, 1.807) is 6.92 Å². The van der Waals surface area contributed by atoms with Gasteiger partial charge in [0.15, 0.2) is 5.60 Å². The first kappa shape index (κ1) is 12.7. The molecular formula is C14H18O5. The van der Waals surface area contributed by atoms with Crippen LogP contribution in [0.25, 0.3) is 0 Å². The Labute approximate surface area is 111 Å². The summed E-state index contributed by atoms with van der Waals surface area (Å²) in [5.41, 5.74) is -1.94. The number of aliphatic hydroxyl groups is 1. The monoisotopic (exact) mass is 266 g/mol. The van der Waals surface area contributed by atoms with Crippen LogP contribution in [-0.2, 0) is 19.1 Å². The third kappa shape index (κ3) is 1.96. The molecule has 19 heavy (non-hydrogen) atoms. The molecule has 1 N–H and O–H groups in total. The van der Waals surface area contributed by atoms with Crippen LogP contribution in [0.5, 0.6) is 0 Å². The number of hydrogen-bond acceptors (Lipinski definition) is 5. The molecular weight excluding hydrogens is 248 g/mol. The van der Waals surface area contributed by atoms with Gasteiger partial charge in [0.1, 0.15) is 11.7 Å². The standard InChI is InChI=1S/C14H18O5/c1-8(2)11(15)19-13-4-9-3-10(6-13)18-12(16)14(17,5-9)7-13/h9-10,17H,1,3-7H2,2H3. The molecule has 0 aromatic heterocycles. The fraction of sp³-hybridized carbons (Fsp3) is 0.714. The Balaban J connectivity index is 1.93. The highest BCUT2D eigenvalue weighted by Gasteiger charge is 2.61. The second-order valence-electron chi connectivity index (χ2n) is 6.30. The summed E-state index contributed by atoms with van der Waals surface area (Å²) in [5.74, 6) is -0.854. The number of hydrogen-bond donors (Lipinski definition) is 1. The fourth-order valence-electron chi connectivity index (χ4n) is 3.85. The molecule has 5 heteroatoms. The summed E-state index contributed by atoms with van der Waals surface area (Å²) < 4.78 is 10.9. The lowest BCUT2D eigenvalue weighted by Crippen LogP contribution is -2.54. The van der Waals surface area contributed by atoms with Crippen molar-refractivity contribution in [2.45, 2.75) is 56.3 Å². The second kappa shape index (κ2) is 3.82. The molecule has 4 aliphatic rings. The van der Waals surface area contributed by atoms with Crippen LogP contribution in [0, 0.1) is 5.92 Å². The van der Waals surface area contributed by atoms with Crippen molar-refractivity contribution >= 4 is 11.9 Å². The van der Waals surface area contributed by atoms with E-state index in [2.05, 4.69) is 6.58 Å². The molecule has 0 aromatic rings. The normalized spacial score (nSPS) is 43.6. The number of carbonyl (C=O) groups excluding carboxylic acids is 2.